The number of anilines is 1. The van der Waals surface area contributed by atoms with Crippen LogP contribution in [0.2, 0.25) is 0 Å². The van der Waals surface area contributed by atoms with Crippen molar-refractivity contribution < 1.29 is 0 Å². The largest absolute Gasteiger partial charge is 0.370 e. The molecule has 18 heavy (non-hydrogen) atoms. The van der Waals surface area contributed by atoms with E-state index in [9.17, 15) is 0 Å². The minimum atomic E-state index is 0.993. The van der Waals surface area contributed by atoms with Gasteiger partial charge in [0.05, 0.1) is 0 Å². The SMILES string of the molecule is CCCNc1ncccc1CN1CCN(C)CC1. The van der Waals surface area contributed by atoms with Crippen molar-refractivity contribution in [1.29, 1.82) is 0 Å². The predicted octanol–water partition coefficient (Wildman–Crippen LogP) is 1.65. The minimum absolute atomic E-state index is 0.993. The summed E-state index contributed by atoms with van der Waals surface area (Å²) in [4.78, 5) is 9.34. The zero-order valence-corrected chi connectivity index (χ0v) is 11.5. The number of pyridine rings is 1. The van der Waals surface area contributed by atoms with Gasteiger partial charge in [0.2, 0.25) is 0 Å². The molecule has 1 aliphatic heterocycles. The molecule has 0 radical (unpaired) electrons. The summed E-state index contributed by atoms with van der Waals surface area (Å²) in [5.74, 6) is 1.05. The van der Waals surface area contributed by atoms with Gasteiger partial charge < -0.3 is 10.2 Å². The van der Waals surface area contributed by atoms with E-state index in [1.165, 1.54) is 5.56 Å². The number of piperazine rings is 1. The third kappa shape index (κ3) is 3.68. The summed E-state index contributed by atoms with van der Waals surface area (Å²) in [6.45, 7) is 8.81. The van der Waals surface area contributed by atoms with Crippen LogP contribution in [0.3, 0.4) is 0 Å². The van der Waals surface area contributed by atoms with Gasteiger partial charge in [-0.05, 0) is 19.5 Å². The van der Waals surface area contributed by atoms with Gasteiger partial charge in [0, 0.05) is 51.0 Å². The Balaban J connectivity index is 1.95. The van der Waals surface area contributed by atoms with E-state index in [1.54, 1.807) is 0 Å². The first kappa shape index (κ1) is 13.3. The van der Waals surface area contributed by atoms with E-state index < -0.39 is 0 Å². The van der Waals surface area contributed by atoms with E-state index in [1.807, 2.05) is 12.3 Å². The van der Waals surface area contributed by atoms with Crippen LogP contribution in [0.4, 0.5) is 5.82 Å². The monoisotopic (exact) mass is 248 g/mol. The minimum Gasteiger partial charge on any atom is -0.370 e. The van der Waals surface area contributed by atoms with Gasteiger partial charge in [-0.15, -0.1) is 0 Å². The molecule has 0 bridgehead atoms. The number of hydrogen-bond acceptors (Lipinski definition) is 4. The van der Waals surface area contributed by atoms with E-state index in [0.717, 1.165) is 51.5 Å². The van der Waals surface area contributed by atoms with Crippen LogP contribution in [0.15, 0.2) is 18.3 Å². The molecule has 100 valence electrons. The summed E-state index contributed by atoms with van der Waals surface area (Å²) in [7, 11) is 2.19. The number of aromatic nitrogens is 1. The molecule has 1 fully saturated rings. The molecule has 0 spiro atoms. The van der Waals surface area contributed by atoms with Crippen molar-refractivity contribution in [1.82, 2.24) is 14.8 Å². The van der Waals surface area contributed by atoms with Gasteiger partial charge in [-0.1, -0.05) is 13.0 Å². The van der Waals surface area contributed by atoms with Gasteiger partial charge >= 0.3 is 0 Å². The molecule has 0 saturated carbocycles. The molecule has 0 atom stereocenters. The van der Waals surface area contributed by atoms with Gasteiger partial charge in [-0.25, -0.2) is 4.98 Å². The van der Waals surface area contributed by atoms with Crippen molar-refractivity contribution in [3.8, 4) is 0 Å². The second-order valence-electron chi connectivity index (χ2n) is 5.02. The lowest BCUT2D eigenvalue weighted by atomic mass is 10.2. The summed E-state index contributed by atoms with van der Waals surface area (Å²) in [5, 5.41) is 3.41. The highest BCUT2D eigenvalue weighted by atomic mass is 15.2. The van der Waals surface area contributed by atoms with Gasteiger partial charge in [0.1, 0.15) is 5.82 Å². The van der Waals surface area contributed by atoms with Crippen molar-refractivity contribution in [3.63, 3.8) is 0 Å². The van der Waals surface area contributed by atoms with E-state index in [-0.39, 0.29) is 0 Å². The van der Waals surface area contributed by atoms with Crippen molar-refractivity contribution in [2.75, 3.05) is 45.1 Å². The maximum atomic E-state index is 4.45. The molecule has 0 aromatic carbocycles. The topological polar surface area (TPSA) is 31.4 Å². The van der Waals surface area contributed by atoms with Crippen molar-refractivity contribution >= 4 is 5.82 Å². The second-order valence-corrected chi connectivity index (χ2v) is 5.02. The fourth-order valence-corrected chi connectivity index (χ4v) is 2.22. The number of rotatable bonds is 5. The summed E-state index contributed by atoms with van der Waals surface area (Å²) in [6, 6.07) is 4.21. The molecule has 2 heterocycles. The van der Waals surface area contributed by atoms with Gasteiger partial charge in [0.15, 0.2) is 0 Å². The molecule has 1 N–H and O–H groups in total. The molecule has 1 aliphatic rings. The van der Waals surface area contributed by atoms with Crippen LogP contribution in [0.5, 0.6) is 0 Å². The van der Waals surface area contributed by atoms with E-state index >= 15 is 0 Å². The predicted molar refractivity (Wildman–Crippen MR) is 75.8 cm³/mol. The zero-order valence-electron chi connectivity index (χ0n) is 11.5. The first-order chi connectivity index (χ1) is 8.79. The number of nitrogens with one attached hydrogen (secondary N) is 1. The third-order valence-electron chi connectivity index (χ3n) is 3.42. The maximum absolute atomic E-state index is 4.45. The van der Waals surface area contributed by atoms with Crippen LogP contribution in [-0.4, -0.2) is 54.6 Å². The Morgan fingerprint density at radius 1 is 1.28 bits per heavy atom. The summed E-state index contributed by atoms with van der Waals surface area (Å²) in [5.41, 5.74) is 1.32. The molecule has 1 aromatic rings. The Bertz CT molecular complexity index is 359. The lowest BCUT2D eigenvalue weighted by Gasteiger charge is -2.32. The lowest BCUT2D eigenvalue weighted by Crippen LogP contribution is -2.44. The van der Waals surface area contributed by atoms with Crippen LogP contribution in [0.25, 0.3) is 0 Å². The van der Waals surface area contributed by atoms with Crippen LogP contribution < -0.4 is 5.32 Å². The molecular formula is C14H24N4. The molecule has 0 unspecified atom stereocenters. The fraction of sp³-hybridized carbons (Fsp3) is 0.643. The van der Waals surface area contributed by atoms with Gasteiger partial charge in [-0.3, -0.25) is 4.90 Å². The number of likely N-dealkylation sites (N-methyl/N-ethyl adjacent to an activating group) is 1. The smallest absolute Gasteiger partial charge is 0.130 e. The molecule has 0 aliphatic carbocycles. The highest BCUT2D eigenvalue weighted by Crippen LogP contribution is 2.15. The Morgan fingerprint density at radius 2 is 2.06 bits per heavy atom. The van der Waals surface area contributed by atoms with E-state index in [2.05, 4.69) is 40.1 Å². The maximum Gasteiger partial charge on any atom is 0.130 e. The number of hydrogen-bond donors (Lipinski definition) is 1. The average Bonchev–Trinajstić information content (AvgIpc) is 2.40. The third-order valence-corrected chi connectivity index (χ3v) is 3.42. The van der Waals surface area contributed by atoms with Crippen molar-refractivity contribution in [3.05, 3.63) is 23.9 Å². The second kappa shape index (κ2) is 6.71. The van der Waals surface area contributed by atoms with Crippen LogP contribution in [0.1, 0.15) is 18.9 Å². The van der Waals surface area contributed by atoms with E-state index in [0.29, 0.717) is 0 Å². The number of nitrogens with zero attached hydrogens (tertiary/aromatic N) is 3. The fourth-order valence-electron chi connectivity index (χ4n) is 2.22. The van der Waals surface area contributed by atoms with Crippen molar-refractivity contribution in [2.24, 2.45) is 0 Å². The molecule has 1 saturated heterocycles. The van der Waals surface area contributed by atoms with Gasteiger partial charge in [0.25, 0.3) is 0 Å². The highest BCUT2D eigenvalue weighted by molar-refractivity contribution is 5.43. The highest BCUT2D eigenvalue weighted by Gasteiger charge is 2.15. The Kier molecular flexibility index (Phi) is 4.96. The quantitative estimate of drug-likeness (QED) is 0.858. The molecular weight excluding hydrogens is 224 g/mol. The molecule has 2 rings (SSSR count). The summed E-state index contributed by atoms with van der Waals surface area (Å²) < 4.78 is 0. The molecule has 4 heteroatoms. The normalized spacial score (nSPS) is 17.9. The van der Waals surface area contributed by atoms with Crippen LogP contribution >= 0.6 is 0 Å². The van der Waals surface area contributed by atoms with Crippen LogP contribution in [0, 0.1) is 0 Å². The first-order valence-electron chi connectivity index (χ1n) is 6.88. The van der Waals surface area contributed by atoms with E-state index in [4.69, 9.17) is 0 Å². The summed E-state index contributed by atoms with van der Waals surface area (Å²) >= 11 is 0. The average molecular weight is 248 g/mol. The Labute approximate surface area is 110 Å². The first-order valence-corrected chi connectivity index (χ1v) is 6.88. The van der Waals surface area contributed by atoms with Crippen LogP contribution in [-0.2, 0) is 6.54 Å². The standard InChI is InChI=1S/C14H24N4/c1-3-6-15-14-13(5-4-7-16-14)12-18-10-8-17(2)9-11-18/h4-5,7H,3,6,8-12H2,1-2H3,(H,15,16). The summed E-state index contributed by atoms with van der Waals surface area (Å²) in [6.07, 6.45) is 3.00. The zero-order chi connectivity index (χ0) is 12.8. The molecule has 1 aromatic heterocycles. The van der Waals surface area contributed by atoms with Crippen molar-refractivity contribution in [2.45, 2.75) is 19.9 Å². The lowest BCUT2D eigenvalue weighted by molar-refractivity contribution is 0.148. The molecule has 0 amide bonds. The Hall–Kier alpha value is -1.13. The Morgan fingerprint density at radius 3 is 2.78 bits per heavy atom. The molecule has 4 nitrogen and oxygen atoms in total. The van der Waals surface area contributed by atoms with Gasteiger partial charge in [-0.2, -0.15) is 0 Å².